The molecule has 27 heavy (non-hydrogen) atoms. The summed E-state index contributed by atoms with van der Waals surface area (Å²) in [4.78, 5) is 13.3. The number of amides is 1. The zero-order valence-electron chi connectivity index (χ0n) is 15.9. The molecule has 0 unspecified atom stereocenters. The third kappa shape index (κ3) is 4.28. The molecule has 1 aromatic carbocycles. The van der Waals surface area contributed by atoms with Crippen molar-refractivity contribution in [3.63, 3.8) is 0 Å². The highest BCUT2D eigenvalue weighted by Gasteiger charge is 2.11. The summed E-state index contributed by atoms with van der Waals surface area (Å²) < 4.78 is 2.23. The van der Waals surface area contributed by atoms with E-state index < -0.39 is 0 Å². The van der Waals surface area contributed by atoms with Crippen molar-refractivity contribution in [2.45, 2.75) is 40.3 Å². The third-order valence-corrected chi connectivity index (χ3v) is 4.20. The van der Waals surface area contributed by atoms with Crippen molar-refractivity contribution in [2.24, 2.45) is 5.10 Å². The molecule has 8 heteroatoms. The first-order chi connectivity index (χ1) is 13.0. The van der Waals surface area contributed by atoms with Crippen molar-refractivity contribution in [1.82, 2.24) is 30.2 Å². The summed E-state index contributed by atoms with van der Waals surface area (Å²) >= 11 is 0. The number of aromatic nitrogens is 5. The number of hydrazone groups is 1. The number of benzene rings is 1. The number of nitrogens with one attached hydrogen (secondary N) is 1. The molecule has 0 radical (unpaired) electrons. The Hall–Kier alpha value is -3.29. The number of rotatable bonds is 6. The van der Waals surface area contributed by atoms with Crippen molar-refractivity contribution in [2.75, 3.05) is 0 Å². The molecule has 3 rings (SSSR count). The normalized spacial score (nSPS) is 11.4. The number of carbonyl (C=O) groups is 1. The van der Waals surface area contributed by atoms with Gasteiger partial charge in [0, 0.05) is 28.6 Å². The van der Waals surface area contributed by atoms with Crippen LogP contribution in [0.25, 0.3) is 11.4 Å². The van der Waals surface area contributed by atoms with Crippen LogP contribution < -0.4 is 5.43 Å². The molecule has 0 saturated carbocycles. The topological polar surface area (TPSA) is 90.0 Å². The van der Waals surface area contributed by atoms with Crippen molar-refractivity contribution >= 4 is 12.1 Å². The fourth-order valence-corrected chi connectivity index (χ4v) is 3.08. The first kappa shape index (κ1) is 18.5. The molecule has 0 fully saturated rings. The van der Waals surface area contributed by atoms with E-state index in [0.29, 0.717) is 11.9 Å². The van der Waals surface area contributed by atoms with Gasteiger partial charge in [-0.1, -0.05) is 30.3 Å². The Balaban J connectivity index is 1.60. The van der Waals surface area contributed by atoms with Gasteiger partial charge in [0.15, 0.2) is 0 Å². The van der Waals surface area contributed by atoms with Crippen LogP contribution in [-0.2, 0) is 11.3 Å². The van der Waals surface area contributed by atoms with Crippen LogP contribution in [0.15, 0.2) is 41.5 Å². The summed E-state index contributed by atoms with van der Waals surface area (Å²) in [6.07, 6.45) is 1.66. The third-order valence-electron chi connectivity index (χ3n) is 4.20. The van der Waals surface area contributed by atoms with Gasteiger partial charge in [0.05, 0.1) is 6.21 Å². The largest absolute Gasteiger partial charge is 0.346 e. The van der Waals surface area contributed by atoms with E-state index >= 15 is 0 Å². The highest BCUT2D eigenvalue weighted by atomic mass is 16.2. The predicted molar refractivity (Wildman–Crippen MR) is 103 cm³/mol. The van der Waals surface area contributed by atoms with E-state index in [2.05, 4.69) is 57.3 Å². The molecule has 140 valence electrons. The number of nitrogens with zero attached hydrogens (tertiary/aromatic N) is 6. The summed E-state index contributed by atoms with van der Waals surface area (Å²) in [5.41, 5.74) is 6.61. The SMILES string of the molecule is Cc1cc(/C=N\NC(=O)Cn2nnc(-c3ccccc3)n2)c(C)n1C(C)C. The average molecular weight is 365 g/mol. The predicted octanol–water partition coefficient (Wildman–Crippen LogP) is 2.49. The van der Waals surface area contributed by atoms with Crippen LogP contribution in [0.1, 0.15) is 36.8 Å². The van der Waals surface area contributed by atoms with Crippen LogP contribution in [0.4, 0.5) is 0 Å². The molecule has 3 aromatic rings. The van der Waals surface area contributed by atoms with Gasteiger partial charge in [-0.05, 0) is 39.0 Å². The lowest BCUT2D eigenvalue weighted by Crippen LogP contribution is -2.24. The second kappa shape index (κ2) is 7.94. The van der Waals surface area contributed by atoms with Gasteiger partial charge in [0.2, 0.25) is 5.82 Å². The van der Waals surface area contributed by atoms with Gasteiger partial charge in [-0.25, -0.2) is 5.43 Å². The number of hydrogen-bond acceptors (Lipinski definition) is 5. The van der Waals surface area contributed by atoms with E-state index in [1.54, 1.807) is 6.21 Å². The van der Waals surface area contributed by atoms with Crippen LogP contribution in [0.5, 0.6) is 0 Å². The van der Waals surface area contributed by atoms with Crippen molar-refractivity contribution in [3.8, 4) is 11.4 Å². The summed E-state index contributed by atoms with van der Waals surface area (Å²) in [6, 6.07) is 11.9. The second-order valence-electron chi connectivity index (χ2n) is 6.59. The van der Waals surface area contributed by atoms with Gasteiger partial charge < -0.3 is 4.57 Å². The Morgan fingerprint density at radius 1 is 1.26 bits per heavy atom. The van der Waals surface area contributed by atoms with E-state index in [4.69, 9.17) is 0 Å². The minimum Gasteiger partial charge on any atom is -0.346 e. The van der Waals surface area contributed by atoms with Crippen molar-refractivity contribution in [3.05, 3.63) is 53.3 Å². The maximum atomic E-state index is 12.1. The van der Waals surface area contributed by atoms with Crippen molar-refractivity contribution in [1.29, 1.82) is 0 Å². The maximum absolute atomic E-state index is 12.1. The Labute approximate surface area is 157 Å². The fraction of sp³-hybridized carbons (Fsp3) is 0.316. The van der Waals surface area contributed by atoms with E-state index in [9.17, 15) is 4.79 Å². The van der Waals surface area contributed by atoms with Crippen LogP contribution >= 0.6 is 0 Å². The summed E-state index contributed by atoms with van der Waals surface area (Å²) in [6.45, 7) is 8.32. The standard InChI is InChI=1S/C19H23N7O/c1-13(2)26-14(3)10-17(15(26)4)11-20-21-18(27)12-25-23-19(22-24-25)16-8-6-5-7-9-16/h5-11,13H,12H2,1-4H3,(H,21,27)/b20-11-. The van der Waals surface area contributed by atoms with Crippen molar-refractivity contribution < 1.29 is 4.79 Å². The molecule has 1 N–H and O–H groups in total. The molecule has 0 aliphatic heterocycles. The van der Waals surface area contributed by atoms with E-state index in [1.165, 1.54) is 4.80 Å². The highest BCUT2D eigenvalue weighted by Crippen LogP contribution is 2.18. The molecular weight excluding hydrogens is 342 g/mol. The molecule has 0 bridgehead atoms. The second-order valence-corrected chi connectivity index (χ2v) is 6.59. The first-order valence-corrected chi connectivity index (χ1v) is 8.79. The molecule has 0 spiro atoms. The smallest absolute Gasteiger partial charge is 0.263 e. The van der Waals surface area contributed by atoms with E-state index in [1.807, 2.05) is 37.3 Å². The minimum absolute atomic E-state index is 0.0534. The van der Waals surface area contributed by atoms with Crippen LogP contribution in [0.2, 0.25) is 0 Å². The van der Waals surface area contributed by atoms with Gasteiger partial charge in [-0.3, -0.25) is 4.79 Å². The quantitative estimate of drug-likeness (QED) is 0.537. The first-order valence-electron chi connectivity index (χ1n) is 8.79. The zero-order chi connectivity index (χ0) is 19.4. The van der Waals surface area contributed by atoms with Gasteiger partial charge in [-0.2, -0.15) is 9.90 Å². The number of carbonyl (C=O) groups excluding carboxylic acids is 1. The monoisotopic (exact) mass is 365 g/mol. The zero-order valence-corrected chi connectivity index (χ0v) is 15.9. The van der Waals surface area contributed by atoms with E-state index in [0.717, 1.165) is 22.5 Å². The molecule has 1 amide bonds. The highest BCUT2D eigenvalue weighted by molar-refractivity contribution is 5.83. The summed E-state index contributed by atoms with van der Waals surface area (Å²) in [7, 11) is 0. The molecule has 8 nitrogen and oxygen atoms in total. The lowest BCUT2D eigenvalue weighted by molar-refractivity contribution is -0.122. The van der Waals surface area contributed by atoms with Crippen LogP contribution in [-0.4, -0.2) is 36.9 Å². The summed E-state index contributed by atoms with van der Waals surface area (Å²) in [5, 5.41) is 16.1. The lowest BCUT2D eigenvalue weighted by Gasteiger charge is -2.13. The Morgan fingerprint density at radius 3 is 2.67 bits per heavy atom. The number of tetrazole rings is 1. The molecular formula is C19H23N7O. The molecule has 2 aromatic heterocycles. The van der Waals surface area contributed by atoms with Crippen LogP contribution in [0.3, 0.4) is 0 Å². The lowest BCUT2D eigenvalue weighted by atomic mass is 10.2. The van der Waals surface area contributed by atoms with Gasteiger partial charge in [-0.15, -0.1) is 10.2 Å². The Bertz CT molecular complexity index is 954. The molecule has 0 aliphatic rings. The Kier molecular flexibility index (Phi) is 5.44. The van der Waals surface area contributed by atoms with Crippen LogP contribution in [0, 0.1) is 13.8 Å². The molecule has 0 atom stereocenters. The fourth-order valence-electron chi connectivity index (χ4n) is 3.08. The van der Waals surface area contributed by atoms with Gasteiger partial charge >= 0.3 is 0 Å². The Morgan fingerprint density at radius 2 is 2.00 bits per heavy atom. The molecule has 2 heterocycles. The average Bonchev–Trinajstić information content (AvgIpc) is 3.20. The maximum Gasteiger partial charge on any atom is 0.263 e. The molecule has 0 saturated heterocycles. The van der Waals surface area contributed by atoms with E-state index in [-0.39, 0.29) is 12.5 Å². The van der Waals surface area contributed by atoms with Gasteiger partial charge in [0.1, 0.15) is 6.54 Å². The number of aryl methyl sites for hydroxylation is 1. The van der Waals surface area contributed by atoms with Gasteiger partial charge in [0.25, 0.3) is 5.91 Å². The molecule has 0 aliphatic carbocycles. The minimum atomic E-state index is -0.319. The number of hydrogen-bond donors (Lipinski definition) is 1. The summed E-state index contributed by atoms with van der Waals surface area (Å²) in [5.74, 6) is 0.161.